The first-order valence-electron chi connectivity index (χ1n) is 7.12. The van der Waals surface area contributed by atoms with Crippen molar-refractivity contribution in [2.45, 2.75) is 5.66 Å². The highest BCUT2D eigenvalue weighted by atomic mass is 16.5. The summed E-state index contributed by atoms with van der Waals surface area (Å²) in [6.45, 7) is 0. The highest BCUT2D eigenvalue weighted by Gasteiger charge is 2.53. The number of anilines is 1. The number of Topliss-reactive ketones (excluding diaryl/α,β-unsaturated/α-hetero) is 1. The zero-order valence-corrected chi connectivity index (χ0v) is 12.6. The number of nitrogens with one attached hydrogen (secondary N) is 2. The number of carbonyl (C=O) groups excluding carboxylic acids is 2. The van der Waals surface area contributed by atoms with Crippen molar-refractivity contribution in [3.63, 3.8) is 0 Å². The zero-order chi connectivity index (χ0) is 16.2. The molecule has 6 heteroatoms. The molecule has 1 amide bonds. The maximum atomic E-state index is 13.0. The van der Waals surface area contributed by atoms with Crippen LogP contribution >= 0.6 is 0 Å². The summed E-state index contributed by atoms with van der Waals surface area (Å²) in [5, 5.41) is 5.94. The van der Waals surface area contributed by atoms with E-state index in [1.807, 2.05) is 0 Å². The SMILES string of the molecule is COc1cc2c(cc1OC)C(=O)C1(NC(=O)c3ccccc31)N2. The molecule has 6 nitrogen and oxygen atoms in total. The van der Waals surface area contributed by atoms with Gasteiger partial charge in [-0.2, -0.15) is 0 Å². The van der Waals surface area contributed by atoms with Crippen LogP contribution in [0.2, 0.25) is 0 Å². The molecule has 1 spiro atoms. The average Bonchev–Trinajstić information content (AvgIpc) is 3.02. The van der Waals surface area contributed by atoms with E-state index in [2.05, 4.69) is 10.6 Å². The van der Waals surface area contributed by atoms with Gasteiger partial charge in [0.2, 0.25) is 11.4 Å². The first-order valence-corrected chi connectivity index (χ1v) is 7.12. The van der Waals surface area contributed by atoms with E-state index in [1.54, 1.807) is 36.4 Å². The zero-order valence-electron chi connectivity index (χ0n) is 12.6. The van der Waals surface area contributed by atoms with Crippen LogP contribution in [-0.4, -0.2) is 25.9 Å². The Morgan fingerprint density at radius 3 is 2.35 bits per heavy atom. The molecule has 2 aliphatic heterocycles. The second kappa shape index (κ2) is 4.49. The highest BCUT2D eigenvalue weighted by molar-refractivity contribution is 6.19. The number of benzene rings is 2. The summed E-state index contributed by atoms with van der Waals surface area (Å²) in [6, 6.07) is 10.4. The molecule has 1 atom stereocenters. The highest BCUT2D eigenvalue weighted by Crippen LogP contribution is 2.45. The average molecular weight is 310 g/mol. The number of ether oxygens (including phenoxy) is 2. The number of fused-ring (bicyclic) bond motifs is 3. The number of ketones is 1. The fourth-order valence-electron chi connectivity index (χ4n) is 3.22. The second-order valence-electron chi connectivity index (χ2n) is 5.46. The smallest absolute Gasteiger partial charge is 0.254 e. The minimum atomic E-state index is -1.26. The summed E-state index contributed by atoms with van der Waals surface area (Å²) >= 11 is 0. The third-order valence-electron chi connectivity index (χ3n) is 4.31. The Bertz CT molecular complexity index is 862. The van der Waals surface area contributed by atoms with Crippen molar-refractivity contribution in [1.82, 2.24) is 5.32 Å². The van der Waals surface area contributed by atoms with E-state index < -0.39 is 5.66 Å². The summed E-state index contributed by atoms with van der Waals surface area (Å²) < 4.78 is 10.5. The van der Waals surface area contributed by atoms with Crippen molar-refractivity contribution < 1.29 is 19.1 Å². The van der Waals surface area contributed by atoms with E-state index in [0.717, 1.165) is 0 Å². The Kier molecular flexibility index (Phi) is 2.66. The van der Waals surface area contributed by atoms with Crippen molar-refractivity contribution >= 4 is 17.4 Å². The molecule has 1 unspecified atom stereocenters. The van der Waals surface area contributed by atoms with Crippen LogP contribution in [-0.2, 0) is 5.66 Å². The van der Waals surface area contributed by atoms with Gasteiger partial charge in [-0.05, 0) is 12.1 Å². The number of hydrogen-bond acceptors (Lipinski definition) is 5. The molecule has 4 rings (SSSR count). The predicted octanol–water partition coefficient (Wildman–Crippen LogP) is 1.91. The fourth-order valence-corrected chi connectivity index (χ4v) is 3.22. The Hall–Kier alpha value is -3.02. The summed E-state index contributed by atoms with van der Waals surface area (Å²) in [5.41, 5.74) is 0.932. The molecule has 0 saturated carbocycles. The van der Waals surface area contributed by atoms with Crippen LogP contribution in [0.5, 0.6) is 11.5 Å². The lowest BCUT2D eigenvalue weighted by Crippen LogP contribution is -2.49. The Morgan fingerprint density at radius 2 is 1.61 bits per heavy atom. The van der Waals surface area contributed by atoms with E-state index in [9.17, 15) is 9.59 Å². The van der Waals surface area contributed by atoms with Crippen molar-refractivity contribution in [2.24, 2.45) is 0 Å². The van der Waals surface area contributed by atoms with Gasteiger partial charge in [-0.15, -0.1) is 0 Å². The molecule has 2 aliphatic rings. The van der Waals surface area contributed by atoms with Crippen molar-refractivity contribution in [2.75, 3.05) is 19.5 Å². The topological polar surface area (TPSA) is 76.7 Å². The van der Waals surface area contributed by atoms with Gasteiger partial charge in [-0.1, -0.05) is 18.2 Å². The van der Waals surface area contributed by atoms with Gasteiger partial charge in [-0.25, -0.2) is 0 Å². The third-order valence-corrected chi connectivity index (χ3v) is 4.31. The number of hydrogen-bond donors (Lipinski definition) is 2. The summed E-state index contributed by atoms with van der Waals surface area (Å²) in [6.07, 6.45) is 0. The van der Waals surface area contributed by atoms with Crippen LogP contribution < -0.4 is 20.1 Å². The quantitative estimate of drug-likeness (QED) is 0.886. The van der Waals surface area contributed by atoms with Crippen LogP contribution in [0.3, 0.4) is 0 Å². The first-order chi connectivity index (χ1) is 11.1. The number of amides is 1. The van der Waals surface area contributed by atoms with E-state index in [4.69, 9.17) is 9.47 Å². The molecule has 116 valence electrons. The van der Waals surface area contributed by atoms with Crippen molar-refractivity contribution in [3.8, 4) is 11.5 Å². The van der Waals surface area contributed by atoms with Crippen molar-refractivity contribution in [3.05, 3.63) is 53.1 Å². The maximum Gasteiger partial charge on any atom is 0.254 e. The molecule has 0 aromatic heterocycles. The molecule has 0 radical (unpaired) electrons. The fraction of sp³-hybridized carbons (Fsp3) is 0.176. The van der Waals surface area contributed by atoms with E-state index >= 15 is 0 Å². The summed E-state index contributed by atoms with van der Waals surface area (Å²) in [7, 11) is 3.04. The van der Waals surface area contributed by atoms with Gasteiger partial charge in [0, 0.05) is 22.8 Å². The van der Waals surface area contributed by atoms with Gasteiger partial charge in [0.15, 0.2) is 11.5 Å². The predicted molar refractivity (Wildman–Crippen MR) is 83.1 cm³/mol. The van der Waals surface area contributed by atoms with Crippen LogP contribution in [0.4, 0.5) is 5.69 Å². The molecule has 0 fully saturated rings. The Morgan fingerprint density at radius 1 is 0.913 bits per heavy atom. The van der Waals surface area contributed by atoms with Gasteiger partial charge in [0.25, 0.3) is 5.91 Å². The lowest BCUT2D eigenvalue weighted by Gasteiger charge is -2.24. The molecule has 0 aliphatic carbocycles. The summed E-state index contributed by atoms with van der Waals surface area (Å²) in [4.78, 5) is 25.2. The molecule has 0 saturated heterocycles. The summed E-state index contributed by atoms with van der Waals surface area (Å²) in [5.74, 6) is 0.497. The van der Waals surface area contributed by atoms with Gasteiger partial charge in [0.05, 0.1) is 19.9 Å². The van der Waals surface area contributed by atoms with Crippen LogP contribution in [0, 0.1) is 0 Å². The minimum absolute atomic E-state index is 0.216. The van der Waals surface area contributed by atoms with Gasteiger partial charge < -0.3 is 20.1 Å². The second-order valence-corrected chi connectivity index (χ2v) is 5.46. The van der Waals surface area contributed by atoms with Crippen LogP contribution in [0.25, 0.3) is 0 Å². The van der Waals surface area contributed by atoms with Crippen LogP contribution in [0.15, 0.2) is 36.4 Å². The van der Waals surface area contributed by atoms with Crippen LogP contribution in [0.1, 0.15) is 26.3 Å². The van der Waals surface area contributed by atoms with E-state index in [0.29, 0.717) is 33.9 Å². The molecular formula is C17H14N2O4. The normalized spacial score (nSPS) is 20.8. The van der Waals surface area contributed by atoms with Gasteiger partial charge >= 0.3 is 0 Å². The standard InChI is InChI=1S/C17H14N2O4/c1-22-13-7-10-12(8-14(13)23-2)18-17(15(10)20)11-6-4-3-5-9(11)16(21)19-17/h3-8,18H,1-2H3,(H,19,21). The molecular weight excluding hydrogens is 296 g/mol. The molecule has 23 heavy (non-hydrogen) atoms. The Balaban J connectivity index is 1.90. The molecule has 2 heterocycles. The molecule has 2 aromatic carbocycles. The lowest BCUT2D eigenvalue weighted by atomic mass is 9.94. The van der Waals surface area contributed by atoms with Gasteiger partial charge in [0.1, 0.15) is 0 Å². The van der Waals surface area contributed by atoms with E-state index in [1.165, 1.54) is 14.2 Å². The van der Waals surface area contributed by atoms with E-state index in [-0.39, 0.29) is 11.7 Å². The monoisotopic (exact) mass is 310 g/mol. The first kappa shape index (κ1) is 13.6. The van der Waals surface area contributed by atoms with Crippen molar-refractivity contribution in [1.29, 1.82) is 0 Å². The lowest BCUT2D eigenvalue weighted by molar-refractivity contribution is 0.0831. The minimum Gasteiger partial charge on any atom is -0.493 e. The third kappa shape index (κ3) is 1.63. The molecule has 2 N–H and O–H groups in total. The van der Waals surface area contributed by atoms with Gasteiger partial charge in [-0.3, -0.25) is 9.59 Å². The molecule has 2 aromatic rings. The maximum absolute atomic E-state index is 13.0. The molecule has 0 bridgehead atoms. The largest absolute Gasteiger partial charge is 0.493 e. The number of methoxy groups -OCH3 is 2. The number of carbonyl (C=O) groups is 2. The number of rotatable bonds is 2. The Labute approximate surface area is 132 Å².